The van der Waals surface area contributed by atoms with Crippen molar-refractivity contribution in [1.82, 2.24) is 9.97 Å². The number of amides is 1. The molecule has 1 fully saturated rings. The highest BCUT2D eigenvalue weighted by Gasteiger charge is 2.35. The molecule has 0 aliphatic heterocycles. The van der Waals surface area contributed by atoms with Crippen molar-refractivity contribution in [3.63, 3.8) is 0 Å². The van der Waals surface area contributed by atoms with Gasteiger partial charge >= 0.3 is 5.69 Å². The first-order valence-electron chi connectivity index (χ1n) is 6.82. The summed E-state index contributed by atoms with van der Waals surface area (Å²) in [6, 6.07) is 0. The molecule has 1 saturated carbocycles. The number of carbonyl (C=O) groups excluding carboxylic acids is 1. The summed E-state index contributed by atoms with van der Waals surface area (Å²) >= 11 is 0. The van der Waals surface area contributed by atoms with Gasteiger partial charge in [0, 0.05) is 5.92 Å². The van der Waals surface area contributed by atoms with Crippen LogP contribution < -0.4 is 11.0 Å². The maximum Gasteiger partial charge on any atom is 0.346 e. The number of carbonyl (C=O) groups is 1. The number of aromatic nitrogens is 2. The van der Waals surface area contributed by atoms with Gasteiger partial charge in [0.15, 0.2) is 11.6 Å². The molecule has 1 aliphatic rings. The van der Waals surface area contributed by atoms with Crippen LogP contribution in [0.4, 0.5) is 10.2 Å². The minimum atomic E-state index is -0.735. The number of nitrogens with zero attached hydrogens (tertiary/aromatic N) is 1. The van der Waals surface area contributed by atoms with Gasteiger partial charge in [-0.25, -0.2) is 9.18 Å². The molecule has 2 N–H and O–H groups in total. The first-order valence-corrected chi connectivity index (χ1v) is 6.82. The molecule has 1 aromatic heterocycles. The van der Waals surface area contributed by atoms with Gasteiger partial charge in [-0.3, -0.25) is 9.78 Å². The minimum absolute atomic E-state index is 0.101. The van der Waals surface area contributed by atoms with E-state index in [0.29, 0.717) is 5.92 Å². The summed E-state index contributed by atoms with van der Waals surface area (Å²) in [5, 5.41) is 2.47. The number of anilines is 1. The molecule has 1 aliphatic carbocycles. The van der Waals surface area contributed by atoms with Gasteiger partial charge in [0.25, 0.3) is 0 Å². The van der Waals surface area contributed by atoms with Gasteiger partial charge < -0.3 is 5.32 Å². The van der Waals surface area contributed by atoms with E-state index >= 15 is 0 Å². The number of aromatic amines is 1. The molecule has 0 aromatic carbocycles. The predicted molar refractivity (Wildman–Crippen MR) is 73.7 cm³/mol. The Morgan fingerprint density at radius 1 is 1.50 bits per heavy atom. The van der Waals surface area contributed by atoms with Crippen LogP contribution >= 0.6 is 0 Å². The van der Waals surface area contributed by atoms with Gasteiger partial charge in [-0.2, -0.15) is 4.98 Å². The Bertz CT molecular complexity index is 568. The molecule has 0 saturated heterocycles. The Balaban J connectivity index is 2.12. The van der Waals surface area contributed by atoms with Crippen LogP contribution in [0.2, 0.25) is 0 Å². The average Bonchev–Trinajstić information content (AvgIpc) is 2.31. The van der Waals surface area contributed by atoms with Crippen molar-refractivity contribution >= 4 is 11.7 Å². The molecule has 2 atom stereocenters. The molecule has 2 rings (SSSR count). The van der Waals surface area contributed by atoms with Crippen molar-refractivity contribution in [3.05, 3.63) is 22.5 Å². The van der Waals surface area contributed by atoms with Crippen LogP contribution in [-0.2, 0) is 4.79 Å². The molecule has 0 bridgehead atoms. The van der Waals surface area contributed by atoms with Crippen molar-refractivity contribution in [1.29, 1.82) is 0 Å². The van der Waals surface area contributed by atoms with Crippen LogP contribution in [0, 0.1) is 23.1 Å². The van der Waals surface area contributed by atoms with Crippen LogP contribution in [0.3, 0.4) is 0 Å². The van der Waals surface area contributed by atoms with E-state index in [0.717, 1.165) is 25.5 Å². The number of nitrogens with one attached hydrogen (secondary N) is 2. The monoisotopic (exact) mass is 281 g/mol. The zero-order chi connectivity index (χ0) is 14.9. The third-order valence-electron chi connectivity index (χ3n) is 3.77. The topological polar surface area (TPSA) is 74.8 Å². The fourth-order valence-corrected chi connectivity index (χ4v) is 3.24. The van der Waals surface area contributed by atoms with E-state index in [-0.39, 0.29) is 23.1 Å². The summed E-state index contributed by atoms with van der Waals surface area (Å²) in [5.41, 5.74) is -0.580. The van der Waals surface area contributed by atoms with E-state index in [4.69, 9.17) is 0 Å². The van der Waals surface area contributed by atoms with E-state index in [1.54, 1.807) is 0 Å². The van der Waals surface area contributed by atoms with Gasteiger partial charge in [-0.05, 0) is 30.6 Å². The molecular formula is C14H20FN3O2. The summed E-state index contributed by atoms with van der Waals surface area (Å²) in [6.07, 6.45) is 3.44. The SMILES string of the molecule is C[C@H]1C[C@H](C(=O)Nc2[nH]c(=O)ncc2F)CC(C)(C)C1. The van der Waals surface area contributed by atoms with E-state index in [1.165, 1.54) is 0 Å². The summed E-state index contributed by atoms with van der Waals surface area (Å²) in [5.74, 6) is -0.891. The van der Waals surface area contributed by atoms with Crippen molar-refractivity contribution in [3.8, 4) is 0 Å². The maximum atomic E-state index is 13.5. The molecule has 0 unspecified atom stereocenters. The zero-order valence-electron chi connectivity index (χ0n) is 12.0. The zero-order valence-corrected chi connectivity index (χ0v) is 12.0. The highest BCUT2D eigenvalue weighted by Crippen LogP contribution is 2.41. The summed E-state index contributed by atoms with van der Waals surface area (Å²) in [6.45, 7) is 6.39. The Labute approximate surface area is 117 Å². The molecule has 0 radical (unpaired) electrons. The fourth-order valence-electron chi connectivity index (χ4n) is 3.24. The molecule has 0 spiro atoms. The van der Waals surface area contributed by atoms with Crippen LogP contribution in [0.1, 0.15) is 40.0 Å². The minimum Gasteiger partial charge on any atom is -0.309 e. The number of halogens is 1. The molecular weight excluding hydrogens is 261 g/mol. The van der Waals surface area contributed by atoms with Gasteiger partial charge in [0.05, 0.1) is 6.20 Å². The molecule has 6 heteroatoms. The second-order valence-electron chi connectivity index (χ2n) is 6.51. The second kappa shape index (κ2) is 5.34. The van der Waals surface area contributed by atoms with Gasteiger partial charge in [0.2, 0.25) is 5.91 Å². The van der Waals surface area contributed by atoms with Crippen LogP contribution in [-0.4, -0.2) is 15.9 Å². The summed E-state index contributed by atoms with van der Waals surface area (Å²) < 4.78 is 13.5. The largest absolute Gasteiger partial charge is 0.346 e. The van der Waals surface area contributed by atoms with E-state index in [9.17, 15) is 14.0 Å². The second-order valence-corrected chi connectivity index (χ2v) is 6.51. The van der Waals surface area contributed by atoms with Crippen molar-refractivity contribution in [2.75, 3.05) is 5.32 Å². The van der Waals surface area contributed by atoms with Gasteiger partial charge in [-0.1, -0.05) is 20.8 Å². The van der Waals surface area contributed by atoms with Crippen molar-refractivity contribution in [2.24, 2.45) is 17.3 Å². The van der Waals surface area contributed by atoms with Crippen LogP contribution in [0.15, 0.2) is 11.0 Å². The fraction of sp³-hybridized carbons (Fsp3) is 0.643. The Morgan fingerprint density at radius 3 is 2.85 bits per heavy atom. The lowest BCUT2D eigenvalue weighted by atomic mass is 9.68. The smallest absolute Gasteiger partial charge is 0.309 e. The molecule has 20 heavy (non-hydrogen) atoms. The van der Waals surface area contributed by atoms with Gasteiger partial charge in [0.1, 0.15) is 0 Å². The normalized spacial score (nSPS) is 25.2. The third-order valence-corrected chi connectivity index (χ3v) is 3.77. The molecule has 1 amide bonds. The number of H-pyrrole nitrogens is 1. The van der Waals surface area contributed by atoms with E-state index < -0.39 is 11.5 Å². The molecule has 1 heterocycles. The average molecular weight is 281 g/mol. The lowest BCUT2D eigenvalue weighted by molar-refractivity contribution is -0.122. The number of rotatable bonds is 2. The standard InChI is InChI=1S/C14H20FN3O2/c1-8-4-9(6-14(2,3)5-8)12(19)17-11-10(15)7-16-13(20)18-11/h7-9H,4-6H2,1-3H3,(H2,16,17,18,19,20)/t8-,9-/m0/s1. The predicted octanol–water partition coefficient (Wildman–Crippen LogP) is 2.31. The van der Waals surface area contributed by atoms with Gasteiger partial charge in [-0.15, -0.1) is 0 Å². The van der Waals surface area contributed by atoms with E-state index in [1.807, 2.05) is 0 Å². The lowest BCUT2D eigenvalue weighted by Gasteiger charge is -2.38. The van der Waals surface area contributed by atoms with Crippen LogP contribution in [0.5, 0.6) is 0 Å². The summed E-state index contributed by atoms with van der Waals surface area (Å²) in [7, 11) is 0. The van der Waals surface area contributed by atoms with Crippen LogP contribution in [0.25, 0.3) is 0 Å². The highest BCUT2D eigenvalue weighted by atomic mass is 19.1. The number of hydrogen-bond donors (Lipinski definition) is 2. The quantitative estimate of drug-likeness (QED) is 0.873. The third kappa shape index (κ3) is 3.43. The Morgan fingerprint density at radius 2 is 2.20 bits per heavy atom. The highest BCUT2D eigenvalue weighted by molar-refractivity contribution is 5.91. The molecule has 5 nitrogen and oxygen atoms in total. The first kappa shape index (κ1) is 14.7. The summed E-state index contributed by atoms with van der Waals surface area (Å²) in [4.78, 5) is 28.8. The first-order chi connectivity index (χ1) is 9.27. The molecule has 110 valence electrons. The van der Waals surface area contributed by atoms with E-state index in [2.05, 4.69) is 36.1 Å². The molecule has 1 aromatic rings. The van der Waals surface area contributed by atoms with Crippen molar-refractivity contribution < 1.29 is 9.18 Å². The lowest BCUT2D eigenvalue weighted by Crippen LogP contribution is -2.35. The maximum absolute atomic E-state index is 13.5. The Kier molecular flexibility index (Phi) is 3.92. The number of hydrogen-bond acceptors (Lipinski definition) is 3. The Hall–Kier alpha value is -1.72. The van der Waals surface area contributed by atoms with Crippen molar-refractivity contribution in [2.45, 2.75) is 40.0 Å².